The molecule has 0 aromatic rings. The lowest BCUT2D eigenvalue weighted by Crippen LogP contribution is -2.30. The van der Waals surface area contributed by atoms with Crippen LogP contribution in [0.5, 0.6) is 0 Å². The molecule has 0 spiro atoms. The third kappa shape index (κ3) is 44.6. The van der Waals surface area contributed by atoms with Crippen molar-refractivity contribution in [3.63, 3.8) is 0 Å². The van der Waals surface area contributed by atoms with Crippen LogP contribution in [-0.2, 0) is 28.6 Å². The maximum atomic E-state index is 12.7. The molecule has 0 radical (unpaired) electrons. The van der Waals surface area contributed by atoms with Gasteiger partial charge in [-0.1, -0.05) is 205 Å². The largest absolute Gasteiger partial charge is 0.462 e. The first kappa shape index (κ1) is 54.6. The predicted octanol–water partition coefficient (Wildman–Crippen LogP) is 15.8. The van der Waals surface area contributed by atoms with Crippen LogP contribution in [-0.4, -0.2) is 37.2 Å². The van der Waals surface area contributed by atoms with E-state index in [-0.39, 0.29) is 31.1 Å². The van der Waals surface area contributed by atoms with Crippen LogP contribution in [0.4, 0.5) is 0 Å². The van der Waals surface area contributed by atoms with Gasteiger partial charge in [-0.05, 0) is 64.2 Å². The summed E-state index contributed by atoms with van der Waals surface area (Å²) >= 11 is 0. The van der Waals surface area contributed by atoms with Gasteiger partial charge >= 0.3 is 17.9 Å². The number of hydrogen-bond acceptors (Lipinski definition) is 6. The molecule has 6 heteroatoms. The van der Waals surface area contributed by atoms with Crippen molar-refractivity contribution in [1.82, 2.24) is 0 Å². The standard InChI is InChI=1S/C51H92O6/c1-4-7-10-13-16-19-22-24-25-27-29-32-35-38-41-44-50(53)56-47-48(46-55-49(52)43-40-37-34-31-28-21-18-15-12-9-6-3)57-51(54)45-42-39-36-33-30-26-23-20-17-14-11-8-5-2/h11,14-15,18,20,23,48H,4-10,12-13,16-17,19,21-22,24-47H2,1-3H3/b14-11-,18-15-,23-20-. The number of carbonyl (C=O) groups excluding carboxylic acids is 3. The summed E-state index contributed by atoms with van der Waals surface area (Å²) in [5.74, 6) is -0.896. The number of esters is 3. The van der Waals surface area contributed by atoms with E-state index in [9.17, 15) is 14.4 Å². The fourth-order valence-electron chi connectivity index (χ4n) is 6.87. The summed E-state index contributed by atoms with van der Waals surface area (Å²) in [6.07, 6.45) is 52.7. The first-order valence-corrected chi connectivity index (χ1v) is 24.5. The topological polar surface area (TPSA) is 78.9 Å². The molecule has 0 saturated heterocycles. The van der Waals surface area contributed by atoms with Crippen molar-refractivity contribution in [2.45, 2.75) is 258 Å². The molecule has 0 aliphatic carbocycles. The Balaban J connectivity index is 4.36. The van der Waals surface area contributed by atoms with Crippen molar-refractivity contribution >= 4 is 17.9 Å². The highest BCUT2D eigenvalue weighted by Crippen LogP contribution is 2.15. The summed E-state index contributed by atoms with van der Waals surface area (Å²) in [6, 6.07) is 0. The summed E-state index contributed by atoms with van der Waals surface area (Å²) < 4.78 is 16.7. The Morgan fingerprint density at radius 1 is 0.351 bits per heavy atom. The van der Waals surface area contributed by atoms with Crippen molar-refractivity contribution in [3.8, 4) is 0 Å². The third-order valence-corrected chi connectivity index (χ3v) is 10.6. The predicted molar refractivity (Wildman–Crippen MR) is 242 cm³/mol. The Kier molecular flexibility index (Phi) is 44.4. The molecule has 0 saturated carbocycles. The first-order valence-electron chi connectivity index (χ1n) is 24.5. The highest BCUT2D eigenvalue weighted by molar-refractivity contribution is 5.71. The number of hydrogen-bond donors (Lipinski definition) is 0. The molecule has 0 fully saturated rings. The maximum absolute atomic E-state index is 12.7. The zero-order valence-electron chi connectivity index (χ0n) is 37.9. The van der Waals surface area contributed by atoms with Gasteiger partial charge in [0.2, 0.25) is 0 Å². The lowest BCUT2D eigenvalue weighted by atomic mass is 10.0. The van der Waals surface area contributed by atoms with E-state index < -0.39 is 6.10 Å². The second kappa shape index (κ2) is 46.3. The van der Waals surface area contributed by atoms with Gasteiger partial charge in [-0.3, -0.25) is 14.4 Å². The first-order chi connectivity index (χ1) is 28.0. The maximum Gasteiger partial charge on any atom is 0.306 e. The normalized spacial score (nSPS) is 12.3. The van der Waals surface area contributed by atoms with Crippen molar-refractivity contribution in [1.29, 1.82) is 0 Å². The lowest BCUT2D eigenvalue weighted by molar-refractivity contribution is -0.167. The molecule has 0 rings (SSSR count). The van der Waals surface area contributed by atoms with E-state index in [1.54, 1.807) is 0 Å². The fraction of sp³-hybridized carbons (Fsp3) is 0.824. The molecule has 0 aromatic heterocycles. The summed E-state index contributed by atoms with van der Waals surface area (Å²) in [7, 11) is 0. The highest BCUT2D eigenvalue weighted by Gasteiger charge is 2.19. The molecule has 0 aliphatic heterocycles. The Hall–Kier alpha value is -2.37. The van der Waals surface area contributed by atoms with Gasteiger partial charge in [0.15, 0.2) is 6.10 Å². The van der Waals surface area contributed by atoms with Gasteiger partial charge in [0, 0.05) is 19.3 Å². The van der Waals surface area contributed by atoms with Gasteiger partial charge in [-0.2, -0.15) is 0 Å². The summed E-state index contributed by atoms with van der Waals surface area (Å²) in [6.45, 7) is 6.53. The molecule has 332 valence electrons. The second-order valence-electron chi connectivity index (χ2n) is 16.4. The van der Waals surface area contributed by atoms with Crippen LogP contribution in [0.3, 0.4) is 0 Å². The van der Waals surface area contributed by atoms with Crippen molar-refractivity contribution in [3.05, 3.63) is 36.5 Å². The Morgan fingerprint density at radius 2 is 0.684 bits per heavy atom. The van der Waals surface area contributed by atoms with Gasteiger partial charge in [-0.15, -0.1) is 0 Å². The van der Waals surface area contributed by atoms with E-state index in [1.807, 2.05) is 0 Å². The van der Waals surface area contributed by atoms with E-state index in [0.717, 1.165) is 96.3 Å². The molecule has 0 aliphatic rings. The van der Waals surface area contributed by atoms with Gasteiger partial charge in [0.05, 0.1) is 0 Å². The van der Waals surface area contributed by atoms with Gasteiger partial charge in [-0.25, -0.2) is 0 Å². The van der Waals surface area contributed by atoms with Gasteiger partial charge in [0.1, 0.15) is 13.2 Å². The van der Waals surface area contributed by atoms with E-state index in [1.165, 1.54) is 116 Å². The quantitative estimate of drug-likeness (QED) is 0.0264. The average Bonchev–Trinajstić information content (AvgIpc) is 3.21. The van der Waals surface area contributed by atoms with Crippen LogP contribution in [0, 0.1) is 0 Å². The van der Waals surface area contributed by atoms with E-state index in [4.69, 9.17) is 14.2 Å². The van der Waals surface area contributed by atoms with Crippen LogP contribution in [0.25, 0.3) is 0 Å². The van der Waals surface area contributed by atoms with Crippen LogP contribution in [0.2, 0.25) is 0 Å². The van der Waals surface area contributed by atoms with Crippen LogP contribution in [0.1, 0.15) is 252 Å². The lowest BCUT2D eigenvalue weighted by Gasteiger charge is -2.18. The summed E-state index contributed by atoms with van der Waals surface area (Å²) in [5, 5.41) is 0. The molecule has 0 N–H and O–H groups in total. The minimum absolute atomic E-state index is 0.0780. The number of allylic oxidation sites excluding steroid dienone is 6. The number of carbonyl (C=O) groups is 3. The monoisotopic (exact) mass is 801 g/mol. The van der Waals surface area contributed by atoms with E-state index in [2.05, 4.69) is 57.2 Å². The smallest absolute Gasteiger partial charge is 0.306 e. The number of ether oxygens (including phenoxy) is 3. The van der Waals surface area contributed by atoms with Crippen LogP contribution >= 0.6 is 0 Å². The highest BCUT2D eigenvalue weighted by atomic mass is 16.6. The summed E-state index contributed by atoms with van der Waals surface area (Å²) in [5.41, 5.74) is 0. The molecule has 0 aromatic carbocycles. The molecule has 1 unspecified atom stereocenters. The molecule has 0 bridgehead atoms. The molecular formula is C51H92O6. The number of rotatable bonds is 44. The zero-order valence-corrected chi connectivity index (χ0v) is 37.9. The minimum Gasteiger partial charge on any atom is -0.462 e. The third-order valence-electron chi connectivity index (χ3n) is 10.6. The molecule has 0 heterocycles. The van der Waals surface area contributed by atoms with Crippen molar-refractivity contribution in [2.24, 2.45) is 0 Å². The average molecular weight is 801 g/mol. The second-order valence-corrected chi connectivity index (χ2v) is 16.4. The van der Waals surface area contributed by atoms with Crippen LogP contribution in [0.15, 0.2) is 36.5 Å². The molecule has 0 amide bonds. The summed E-state index contributed by atoms with van der Waals surface area (Å²) in [4.78, 5) is 37.8. The van der Waals surface area contributed by atoms with Gasteiger partial charge < -0.3 is 14.2 Å². The Labute approximate surface area is 353 Å². The Bertz CT molecular complexity index is 969. The van der Waals surface area contributed by atoms with E-state index >= 15 is 0 Å². The van der Waals surface area contributed by atoms with Crippen molar-refractivity contribution < 1.29 is 28.6 Å². The zero-order chi connectivity index (χ0) is 41.5. The Morgan fingerprint density at radius 3 is 1.11 bits per heavy atom. The molecule has 57 heavy (non-hydrogen) atoms. The fourth-order valence-corrected chi connectivity index (χ4v) is 6.87. The molecular weight excluding hydrogens is 709 g/mol. The molecule has 1 atom stereocenters. The minimum atomic E-state index is -0.777. The van der Waals surface area contributed by atoms with Crippen molar-refractivity contribution in [2.75, 3.05) is 13.2 Å². The number of unbranched alkanes of at least 4 members (excludes halogenated alkanes) is 27. The van der Waals surface area contributed by atoms with Gasteiger partial charge in [0.25, 0.3) is 0 Å². The van der Waals surface area contributed by atoms with E-state index in [0.29, 0.717) is 19.3 Å². The molecule has 6 nitrogen and oxygen atoms in total. The van der Waals surface area contributed by atoms with Crippen LogP contribution < -0.4 is 0 Å². The SMILES string of the molecule is CCC/C=C\C/C=C\CCCCCCCC(=O)OC(COC(=O)CCCCCCC/C=C\CCCC)COC(=O)CCCCCCCCCCCCCCCCC.